The molecule has 7 heteroatoms. The Hall–Kier alpha value is -1.99. The van der Waals surface area contributed by atoms with Crippen LogP contribution in [0.2, 0.25) is 0 Å². The third-order valence-corrected chi connectivity index (χ3v) is 4.47. The van der Waals surface area contributed by atoms with Crippen molar-refractivity contribution < 1.29 is 9.90 Å². The average molecular weight is 334 g/mol. The zero-order valence-corrected chi connectivity index (χ0v) is 14.4. The average Bonchev–Trinajstić information content (AvgIpc) is 2.92. The summed E-state index contributed by atoms with van der Waals surface area (Å²) in [5.74, 6) is -0.143. The molecule has 124 valence electrons. The normalized spacial score (nSPS) is 15.0. The molecule has 6 nitrogen and oxygen atoms in total. The molecule has 2 aromatic rings. The molecule has 0 aliphatic heterocycles. The lowest BCUT2D eigenvalue weighted by atomic mass is 9.84. The van der Waals surface area contributed by atoms with E-state index in [-0.39, 0.29) is 12.5 Å². The molecule has 2 atom stereocenters. The van der Waals surface area contributed by atoms with Gasteiger partial charge in [0.05, 0.1) is 6.54 Å². The van der Waals surface area contributed by atoms with Gasteiger partial charge in [-0.1, -0.05) is 37.3 Å². The van der Waals surface area contributed by atoms with Crippen LogP contribution in [-0.4, -0.2) is 31.4 Å². The van der Waals surface area contributed by atoms with E-state index in [2.05, 4.69) is 15.5 Å². The van der Waals surface area contributed by atoms with Crippen LogP contribution in [0, 0.1) is 4.77 Å². The van der Waals surface area contributed by atoms with Crippen LogP contribution < -0.4 is 5.32 Å². The van der Waals surface area contributed by atoms with Gasteiger partial charge in [-0.25, -0.2) is 0 Å². The predicted molar refractivity (Wildman–Crippen MR) is 90.4 cm³/mol. The van der Waals surface area contributed by atoms with Crippen molar-refractivity contribution in [1.29, 1.82) is 0 Å². The van der Waals surface area contributed by atoms with Crippen molar-refractivity contribution in [3.8, 4) is 0 Å². The molecule has 0 radical (unpaired) electrons. The molecule has 1 heterocycles. The lowest BCUT2D eigenvalue weighted by Crippen LogP contribution is -2.48. The van der Waals surface area contributed by atoms with E-state index in [4.69, 9.17) is 12.2 Å². The highest BCUT2D eigenvalue weighted by atomic mass is 32.1. The summed E-state index contributed by atoms with van der Waals surface area (Å²) in [4.78, 5) is 12.4. The first-order valence-corrected chi connectivity index (χ1v) is 7.98. The number of hydrogen-bond acceptors (Lipinski definition) is 4. The smallest absolute Gasteiger partial charge is 0.252 e. The van der Waals surface area contributed by atoms with Crippen LogP contribution in [0.25, 0.3) is 0 Å². The lowest BCUT2D eigenvalue weighted by Gasteiger charge is -2.29. The number of amides is 1. The van der Waals surface area contributed by atoms with Crippen molar-refractivity contribution in [3.63, 3.8) is 0 Å². The summed E-state index contributed by atoms with van der Waals surface area (Å²) in [7, 11) is 0. The molecular weight excluding hydrogens is 312 g/mol. The van der Waals surface area contributed by atoms with Crippen LogP contribution in [0.4, 0.5) is 0 Å². The van der Waals surface area contributed by atoms with Crippen LogP contribution in [-0.2, 0) is 17.9 Å². The second-order valence-corrected chi connectivity index (χ2v) is 6.04. The molecule has 0 bridgehead atoms. The zero-order chi connectivity index (χ0) is 17.0. The molecule has 3 N–H and O–H groups in total. The van der Waals surface area contributed by atoms with E-state index < -0.39 is 11.5 Å². The summed E-state index contributed by atoms with van der Waals surface area (Å²) in [6, 6.07) is 9.47. The first kappa shape index (κ1) is 17.4. The van der Waals surface area contributed by atoms with Gasteiger partial charge in [-0.3, -0.25) is 9.89 Å². The molecule has 2 rings (SSSR count). The van der Waals surface area contributed by atoms with Crippen LogP contribution in [0.1, 0.15) is 38.1 Å². The van der Waals surface area contributed by atoms with Gasteiger partial charge in [-0.2, -0.15) is 5.10 Å². The van der Waals surface area contributed by atoms with Gasteiger partial charge in [0.25, 0.3) is 5.91 Å². The highest BCUT2D eigenvalue weighted by Gasteiger charge is 2.37. The number of aliphatic hydroxyl groups is 1. The summed E-state index contributed by atoms with van der Waals surface area (Å²) < 4.78 is 2.31. The predicted octanol–water partition coefficient (Wildman–Crippen LogP) is 2.13. The highest BCUT2D eigenvalue weighted by Crippen LogP contribution is 2.27. The van der Waals surface area contributed by atoms with Gasteiger partial charge in [-0.05, 0) is 31.6 Å². The molecule has 0 saturated carbocycles. The van der Waals surface area contributed by atoms with Crippen LogP contribution in [0.15, 0.2) is 30.3 Å². The minimum absolute atomic E-state index is 0.206. The standard InChI is InChI=1S/C16H22N4O2S/c1-4-20-13(18-19-15(20)23)10-17-14(21)16(3,22)11(2)12-8-6-5-7-9-12/h5-9,11,22H,4,10H2,1-3H3,(H,17,21)(H,19,23)/t11-,16-/m0/s1. The minimum Gasteiger partial charge on any atom is -0.380 e. The van der Waals surface area contributed by atoms with Gasteiger partial charge < -0.3 is 15.0 Å². The summed E-state index contributed by atoms with van der Waals surface area (Å²) in [6.07, 6.45) is 0. The Morgan fingerprint density at radius 3 is 2.74 bits per heavy atom. The Bertz CT molecular complexity index is 721. The number of H-pyrrole nitrogens is 1. The maximum atomic E-state index is 12.4. The van der Waals surface area contributed by atoms with Gasteiger partial charge in [-0.15, -0.1) is 0 Å². The number of carbonyl (C=O) groups is 1. The van der Waals surface area contributed by atoms with Gasteiger partial charge in [0, 0.05) is 12.5 Å². The zero-order valence-electron chi connectivity index (χ0n) is 13.5. The van der Waals surface area contributed by atoms with E-state index in [0.29, 0.717) is 17.1 Å². The van der Waals surface area contributed by atoms with E-state index in [1.807, 2.05) is 44.2 Å². The second-order valence-electron chi connectivity index (χ2n) is 5.65. The minimum atomic E-state index is -1.52. The van der Waals surface area contributed by atoms with Crippen molar-refractivity contribution in [2.75, 3.05) is 0 Å². The van der Waals surface area contributed by atoms with E-state index in [1.54, 1.807) is 4.57 Å². The Balaban J connectivity index is 2.08. The largest absolute Gasteiger partial charge is 0.380 e. The molecular formula is C16H22N4O2S. The fraction of sp³-hybridized carbons (Fsp3) is 0.438. The van der Waals surface area contributed by atoms with Gasteiger partial charge in [0.1, 0.15) is 5.60 Å². The topological polar surface area (TPSA) is 82.9 Å². The van der Waals surface area contributed by atoms with E-state index in [9.17, 15) is 9.90 Å². The van der Waals surface area contributed by atoms with Crippen molar-refractivity contribution in [2.45, 2.75) is 45.4 Å². The number of aromatic nitrogens is 3. The first-order valence-electron chi connectivity index (χ1n) is 7.57. The fourth-order valence-electron chi connectivity index (χ4n) is 2.41. The number of nitrogens with zero attached hydrogens (tertiary/aromatic N) is 2. The lowest BCUT2D eigenvalue weighted by molar-refractivity contribution is -0.140. The van der Waals surface area contributed by atoms with E-state index in [0.717, 1.165) is 5.56 Å². The Kier molecular flexibility index (Phi) is 5.33. The highest BCUT2D eigenvalue weighted by molar-refractivity contribution is 7.71. The number of benzene rings is 1. The molecule has 0 unspecified atom stereocenters. The SMILES string of the molecule is CCn1c(CNC(=O)[C@@](C)(O)[C@@H](C)c2ccccc2)n[nH]c1=S. The monoisotopic (exact) mass is 334 g/mol. The van der Waals surface area contributed by atoms with E-state index in [1.165, 1.54) is 6.92 Å². The molecule has 0 fully saturated rings. The molecule has 0 saturated heterocycles. The van der Waals surface area contributed by atoms with Gasteiger partial charge in [0.2, 0.25) is 0 Å². The third-order valence-electron chi connectivity index (χ3n) is 4.16. The summed E-state index contributed by atoms with van der Waals surface area (Å²) in [5, 5.41) is 20.2. The van der Waals surface area contributed by atoms with E-state index >= 15 is 0 Å². The summed E-state index contributed by atoms with van der Waals surface area (Å²) >= 11 is 5.11. The Morgan fingerprint density at radius 2 is 2.13 bits per heavy atom. The first-order chi connectivity index (χ1) is 10.9. The maximum Gasteiger partial charge on any atom is 0.252 e. The number of nitrogens with one attached hydrogen (secondary N) is 2. The fourth-order valence-corrected chi connectivity index (χ4v) is 2.69. The molecule has 1 aromatic carbocycles. The maximum absolute atomic E-state index is 12.4. The summed E-state index contributed by atoms with van der Waals surface area (Å²) in [6.45, 7) is 6.17. The second kappa shape index (κ2) is 7.06. The van der Waals surface area contributed by atoms with Crippen molar-refractivity contribution >= 4 is 18.1 Å². The molecule has 1 amide bonds. The Labute approximate surface area is 140 Å². The summed E-state index contributed by atoms with van der Waals surface area (Å²) in [5.41, 5.74) is -0.616. The quantitative estimate of drug-likeness (QED) is 0.707. The third kappa shape index (κ3) is 3.68. The Morgan fingerprint density at radius 1 is 1.48 bits per heavy atom. The molecule has 1 aromatic heterocycles. The number of hydrogen-bond donors (Lipinski definition) is 3. The van der Waals surface area contributed by atoms with Crippen LogP contribution >= 0.6 is 12.2 Å². The molecule has 0 aliphatic rings. The molecule has 0 aliphatic carbocycles. The van der Waals surface area contributed by atoms with Crippen molar-refractivity contribution in [2.24, 2.45) is 0 Å². The van der Waals surface area contributed by atoms with Crippen LogP contribution in [0.3, 0.4) is 0 Å². The van der Waals surface area contributed by atoms with Gasteiger partial charge in [0.15, 0.2) is 10.6 Å². The number of aromatic amines is 1. The molecule has 23 heavy (non-hydrogen) atoms. The molecule has 0 spiro atoms. The van der Waals surface area contributed by atoms with Crippen LogP contribution in [0.5, 0.6) is 0 Å². The van der Waals surface area contributed by atoms with Crippen molar-refractivity contribution in [3.05, 3.63) is 46.5 Å². The number of rotatable bonds is 6. The number of carbonyl (C=O) groups excluding carboxylic acids is 1. The van der Waals surface area contributed by atoms with Crippen molar-refractivity contribution in [1.82, 2.24) is 20.1 Å². The van der Waals surface area contributed by atoms with Gasteiger partial charge >= 0.3 is 0 Å².